The number of hydrogen-bond acceptors (Lipinski definition) is 4. The van der Waals surface area contributed by atoms with E-state index in [1.165, 1.54) is 16.7 Å². The molecule has 0 spiro atoms. The number of carboxylic acid groups (broad SMARTS) is 1. The molecule has 1 aliphatic heterocycles. The van der Waals surface area contributed by atoms with Crippen LogP contribution in [-0.2, 0) is 4.79 Å². The molecule has 0 aromatic heterocycles. The SMILES string of the molecule is CC(C)CN(CCN(C)C)C(=O)N1C(C)SCC1C(=O)O. The minimum atomic E-state index is -0.919. The van der Waals surface area contributed by atoms with Crippen molar-refractivity contribution in [2.24, 2.45) is 5.92 Å². The van der Waals surface area contributed by atoms with Gasteiger partial charge in [-0.15, -0.1) is 11.8 Å². The van der Waals surface area contributed by atoms with Crippen molar-refractivity contribution in [3.63, 3.8) is 0 Å². The maximum absolute atomic E-state index is 12.8. The fourth-order valence-corrected chi connectivity index (χ4v) is 3.48. The molecule has 1 aliphatic rings. The molecule has 2 unspecified atom stereocenters. The number of carbonyl (C=O) groups excluding carboxylic acids is 1. The van der Waals surface area contributed by atoms with Gasteiger partial charge >= 0.3 is 12.0 Å². The molecule has 0 radical (unpaired) electrons. The van der Waals surface area contributed by atoms with Crippen LogP contribution in [0.1, 0.15) is 20.8 Å². The summed E-state index contributed by atoms with van der Waals surface area (Å²) >= 11 is 1.52. The molecule has 0 saturated carbocycles. The summed E-state index contributed by atoms with van der Waals surface area (Å²) in [7, 11) is 3.93. The molecule has 1 rings (SSSR count). The Morgan fingerprint density at radius 3 is 2.43 bits per heavy atom. The zero-order valence-corrected chi connectivity index (χ0v) is 14.4. The number of carboxylic acids is 1. The number of rotatable bonds is 6. The predicted molar refractivity (Wildman–Crippen MR) is 85.5 cm³/mol. The normalized spacial score (nSPS) is 22.1. The fraction of sp³-hybridized carbons (Fsp3) is 0.857. The first kappa shape index (κ1) is 18.1. The Morgan fingerprint density at radius 2 is 1.95 bits per heavy atom. The van der Waals surface area contributed by atoms with Gasteiger partial charge in [-0.1, -0.05) is 13.8 Å². The molecule has 21 heavy (non-hydrogen) atoms. The highest BCUT2D eigenvalue weighted by atomic mass is 32.2. The van der Waals surface area contributed by atoms with Gasteiger partial charge in [0.25, 0.3) is 0 Å². The molecule has 2 amide bonds. The molecule has 6 nitrogen and oxygen atoms in total. The molecule has 0 aromatic carbocycles. The van der Waals surface area contributed by atoms with Crippen LogP contribution in [0.25, 0.3) is 0 Å². The Bertz CT molecular complexity index is 376. The topological polar surface area (TPSA) is 64.1 Å². The van der Waals surface area contributed by atoms with Crippen LogP contribution in [0.2, 0.25) is 0 Å². The molecule has 0 aliphatic carbocycles. The van der Waals surface area contributed by atoms with Crippen molar-refractivity contribution in [2.75, 3.05) is 39.5 Å². The second-order valence-corrected chi connectivity index (χ2v) is 7.47. The second kappa shape index (κ2) is 7.89. The maximum atomic E-state index is 12.8. The van der Waals surface area contributed by atoms with Crippen molar-refractivity contribution in [2.45, 2.75) is 32.2 Å². The van der Waals surface area contributed by atoms with Gasteiger partial charge in [0.2, 0.25) is 0 Å². The Balaban J connectivity index is 2.83. The Hall–Kier alpha value is -0.950. The molecule has 0 bridgehead atoms. The highest BCUT2D eigenvalue weighted by molar-refractivity contribution is 8.00. The van der Waals surface area contributed by atoms with Crippen molar-refractivity contribution in [1.82, 2.24) is 14.7 Å². The highest BCUT2D eigenvalue weighted by Gasteiger charge is 2.41. The molecular formula is C14H27N3O3S. The summed E-state index contributed by atoms with van der Waals surface area (Å²) in [6.07, 6.45) is 0. The van der Waals surface area contributed by atoms with E-state index >= 15 is 0 Å². The van der Waals surface area contributed by atoms with Crippen LogP contribution in [0.15, 0.2) is 0 Å². The molecule has 2 atom stereocenters. The summed E-state index contributed by atoms with van der Waals surface area (Å²) in [5.74, 6) is -0.104. The van der Waals surface area contributed by atoms with E-state index in [1.54, 1.807) is 4.90 Å². The van der Waals surface area contributed by atoms with Crippen molar-refractivity contribution in [1.29, 1.82) is 0 Å². The predicted octanol–water partition coefficient (Wildman–Crippen LogP) is 1.47. The van der Waals surface area contributed by atoms with E-state index in [2.05, 4.69) is 13.8 Å². The minimum Gasteiger partial charge on any atom is -0.480 e. The summed E-state index contributed by atoms with van der Waals surface area (Å²) in [5.41, 5.74) is 0. The third-order valence-electron chi connectivity index (χ3n) is 3.40. The number of likely N-dealkylation sites (N-methyl/N-ethyl adjacent to an activating group) is 1. The smallest absolute Gasteiger partial charge is 0.327 e. The molecule has 1 heterocycles. The third-order valence-corrected chi connectivity index (χ3v) is 4.62. The maximum Gasteiger partial charge on any atom is 0.327 e. The first-order chi connectivity index (χ1) is 9.73. The van der Waals surface area contributed by atoms with Gasteiger partial charge in [-0.25, -0.2) is 9.59 Å². The van der Waals surface area contributed by atoms with Crippen LogP contribution in [0.5, 0.6) is 0 Å². The van der Waals surface area contributed by atoms with Crippen molar-refractivity contribution in [3.05, 3.63) is 0 Å². The standard InChI is InChI=1S/C14H27N3O3S/c1-10(2)8-16(7-6-15(4)5)14(20)17-11(3)21-9-12(17)13(18)19/h10-12H,6-9H2,1-5H3,(H,18,19). The van der Waals surface area contributed by atoms with Crippen LogP contribution in [0.3, 0.4) is 0 Å². The lowest BCUT2D eigenvalue weighted by Crippen LogP contribution is -2.52. The number of amides is 2. The average molecular weight is 317 g/mol. The van der Waals surface area contributed by atoms with E-state index in [9.17, 15) is 14.7 Å². The van der Waals surface area contributed by atoms with Gasteiger partial charge in [-0.2, -0.15) is 0 Å². The fourth-order valence-electron chi connectivity index (χ4n) is 2.31. The van der Waals surface area contributed by atoms with Gasteiger partial charge in [-0.05, 0) is 26.9 Å². The lowest BCUT2D eigenvalue weighted by atomic mass is 10.2. The Labute approximate surface area is 131 Å². The van der Waals surface area contributed by atoms with E-state index in [0.717, 1.165) is 6.54 Å². The van der Waals surface area contributed by atoms with Gasteiger partial charge in [0.15, 0.2) is 0 Å². The number of nitrogens with zero attached hydrogens (tertiary/aromatic N) is 3. The molecule has 7 heteroatoms. The third kappa shape index (κ3) is 5.07. The van der Waals surface area contributed by atoms with Crippen molar-refractivity contribution >= 4 is 23.8 Å². The molecule has 0 aromatic rings. The quantitative estimate of drug-likeness (QED) is 0.804. The Morgan fingerprint density at radius 1 is 1.33 bits per heavy atom. The van der Waals surface area contributed by atoms with Gasteiger partial charge in [0.05, 0.1) is 5.37 Å². The van der Waals surface area contributed by atoms with Crippen LogP contribution in [-0.4, -0.2) is 82.7 Å². The van der Waals surface area contributed by atoms with Crippen LogP contribution >= 0.6 is 11.8 Å². The molecule has 1 fully saturated rings. The minimum absolute atomic E-state index is 0.0902. The Kier molecular flexibility index (Phi) is 6.80. The van der Waals surface area contributed by atoms with Crippen molar-refractivity contribution in [3.8, 4) is 0 Å². The van der Waals surface area contributed by atoms with Crippen LogP contribution in [0.4, 0.5) is 4.79 Å². The van der Waals surface area contributed by atoms with Crippen molar-refractivity contribution < 1.29 is 14.7 Å². The van der Waals surface area contributed by atoms with Gasteiger partial charge in [0, 0.05) is 25.4 Å². The van der Waals surface area contributed by atoms with Crippen LogP contribution < -0.4 is 0 Å². The molecule has 1 N–H and O–H groups in total. The summed E-state index contributed by atoms with van der Waals surface area (Å²) < 4.78 is 0. The number of aliphatic carboxylic acids is 1. The molecular weight excluding hydrogens is 290 g/mol. The lowest BCUT2D eigenvalue weighted by molar-refractivity contribution is -0.141. The average Bonchev–Trinajstić information content (AvgIpc) is 2.75. The zero-order chi connectivity index (χ0) is 16.2. The van der Waals surface area contributed by atoms with Gasteiger partial charge in [0.1, 0.15) is 6.04 Å². The van der Waals surface area contributed by atoms with E-state index < -0.39 is 12.0 Å². The van der Waals surface area contributed by atoms with E-state index in [0.29, 0.717) is 24.8 Å². The van der Waals surface area contributed by atoms with E-state index in [4.69, 9.17) is 0 Å². The first-order valence-corrected chi connectivity index (χ1v) is 8.35. The number of hydrogen-bond donors (Lipinski definition) is 1. The van der Waals surface area contributed by atoms with Gasteiger partial charge in [-0.3, -0.25) is 4.90 Å². The second-order valence-electron chi connectivity index (χ2n) is 6.12. The summed E-state index contributed by atoms with van der Waals surface area (Å²) in [6.45, 7) is 8.05. The monoisotopic (exact) mass is 317 g/mol. The van der Waals surface area contributed by atoms with Crippen LogP contribution in [0, 0.1) is 5.92 Å². The van der Waals surface area contributed by atoms with E-state index in [1.807, 2.05) is 25.9 Å². The zero-order valence-electron chi connectivity index (χ0n) is 13.6. The molecule has 122 valence electrons. The van der Waals surface area contributed by atoms with Gasteiger partial charge < -0.3 is 14.9 Å². The highest BCUT2D eigenvalue weighted by Crippen LogP contribution is 2.30. The molecule has 1 saturated heterocycles. The number of urea groups is 1. The summed E-state index contributed by atoms with van der Waals surface area (Å²) in [4.78, 5) is 29.4. The number of thioether (sulfide) groups is 1. The lowest BCUT2D eigenvalue weighted by Gasteiger charge is -2.33. The summed E-state index contributed by atoms with van der Waals surface area (Å²) in [6, 6.07) is -0.873. The number of carbonyl (C=O) groups is 2. The van der Waals surface area contributed by atoms with E-state index in [-0.39, 0.29) is 11.4 Å². The summed E-state index contributed by atoms with van der Waals surface area (Å²) in [5, 5.41) is 9.21. The largest absolute Gasteiger partial charge is 0.480 e. The first-order valence-electron chi connectivity index (χ1n) is 7.30.